The number of fused-ring (bicyclic) bond motifs is 1. The summed E-state index contributed by atoms with van der Waals surface area (Å²) < 4.78 is 37.9. The molecule has 0 saturated carbocycles. The summed E-state index contributed by atoms with van der Waals surface area (Å²) in [4.78, 5) is 24.4. The number of aryl methyl sites for hydroxylation is 1. The van der Waals surface area contributed by atoms with Crippen molar-refractivity contribution < 1.29 is 27.5 Å². The van der Waals surface area contributed by atoms with Crippen LogP contribution in [0.2, 0.25) is 0 Å². The molecule has 1 atom stereocenters. The number of benzene rings is 2. The Bertz CT molecular complexity index is 1100. The molecule has 10 heteroatoms. The summed E-state index contributed by atoms with van der Waals surface area (Å²) in [6, 6.07) is 9.64. The van der Waals surface area contributed by atoms with Crippen molar-refractivity contribution in [1.29, 1.82) is 0 Å². The molecule has 2 amide bonds. The number of rotatable bonds is 7. The average Bonchev–Trinajstić information content (AvgIpc) is 2.73. The minimum Gasteiger partial charge on any atom is -0.497 e. The van der Waals surface area contributed by atoms with Crippen LogP contribution in [-0.4, -0.2) is 51.3 Å². The van der Waals surface area contributed by atoms with Crippen LogP contribution in [0.1, 0.15) is 18.9 Å². The molecule has 1 aliphatic heterocycles. The molecule has 3 rings (SSSR count). The first-order chi connectivity index (χ1) is 14.6. The summed E-state index contributed by atoms with van der Waals surface area (Å²) in [5.41, 5.74) is 1.38. The Kier molecular flexibility index (Phi) is 6.51. The summed E-state index contributed by atoms with van der Waals surface area (Å²) >= 11 is 0. The average molecular weight is 448 g/mol. The van der Waals surface area contributed by atoms with Crippen LogP contribution in [0.15, 0.2) is 41.3 Å². The second-order valence-corrected chi connectivity index (χ2v) is 9.17. The summed E-state index contributed by atoms with van der Waals surface area (Å²) in [6.45, 7) is 3.05. The Morgan fingerprint density at radius 1 is 1.26 bits per heavy atom. The molecule has 0 radical (unpaired) electrons. The minimum atomic E-state index is -3.98. The molecule has 0 spiro atoms. The SMILES string of the molecule is CC[C@H]1Oc2cc(S(=O)(=O)N(C)CC(=O)Nc3ccc(OC)cc3)c(C)cc2NC1=O. The lowest BCUT2D eigenvalue weighted by atomic mass is 10.1. The fourth-order valence-corrected chi connectivity index (χ4v) is 4.51. The van der Waals surface area contributed by atoms with E-state index in [4.69, 9.17) is 9.47 Å². The van der Waals surface area contributed by atoms with E-state index in [1.54, 1.807) is 44.2 Å². The Hall–Kier alpha value is -3.11. The van der Waals surface area contributed by atoms with Crippen molar-refractivity contribution in [3.8, 4) is 11.5 Å². The fraction of sp³-hybridized carbons (Fsp3) is 0.333. The first-order valence-corrected chi connectivity index (χ1v) is 11.1. The van der Waals surface area contributed by atoms with E-state index in [2.05, 4.69) is 10.6 Å². The van der Waals surface area contributed by atoms with Crippen LogP contribution in [-0.2, 0) is 19.6 Å². The Morgan fingerprint density at radius 3 is 2.55 bits per heavy atom. The van der Waals surface area contributed by atoms with Crippen molar-refractivity contribution in [1.82, 2.24) is 4.31 Å². The smallest absolute Gasteiger partial charge is 0.265 e. The van der Waals surface area contributed by atoms with Gasteiger partial charge in [0.25, 0.3) is 5.91 Å². The lowest BCUT2D eigenvalue weighted by Crippen LogP contribution is -2.37. The molecule has 2 N–H and O–H groups in total. The number of amides is 2. The van der Waals surface area contributed by atoms with E-state index in [0.717, 1.165) is 4.31 Å². The van der Waals surface area contributed by atoms with Crippen LogP contribution in [0.25, 0.3) is 0 Å². The highest BCUT2D eigenvalue weighted by Gasteiger charge is 2.31. The van der Waals surface area contributed by atoms with Crippen LogP contribution < -0.4 is 20.1 Å². The zero-order valence-electron chi connectivity index (χ0n) is 17.8. The number of methoxy groups -OCH3 is 1. The van der Waals surface area contributed by atoms with Crippen molar-refractivity contribution >= 4 is 33.2 Å². The largest absolute Gasteiger partial charge is 0.497 e. The van der Waals surface area contributed by atoms with Gasteiger partial charge in [-0.05, 0) is 49.2 Å². The van der Waals surface area contributed by atoms with Crippen molar-refractivity contribution in [2.24, 2.45) is 0 Å². The number of hydrogen-bond donors (Lipinski definition) is 2. The van der Waals surface area contributed by atoms with Gasteiger partial charge in [0.1, 0.15) is 11.5 Å². The van der Waals surface area contributed by atoms with E-state index in [1.165, 1.54) is 20.2 Å². The second-order valence-electron chi connectivity index (χ2n) is 7.16. The number of ether oxygens (including phenoxy) is 2. The van der Waals surface area contributed by atoms with Crippen molar-refractivity contribution in [2.75, 3.05) is 31.3 Å². The summed E-state index contributed by atoms with van der Waals surface area (Å²) in [5, 5.41) is 5.39. The standard InChI is InChI=1S/C21H25N3O6S/c1-5-17-21(26)23-16-10-13(2)19(11-18(16)30-17)31(27,28)24(3)12-20(25)22-14-6-8-15(29-4)9-7-14/h6-11,17H,5,12H2,1-4H3,(H,22,25)(H,23,26)/t17-/m1/s1. The molecule has 166 valence electrons. The van der Waals surface area contributed by atoms with Gasteiger partial charge in [-0.25, -0.2) is 8.42 Å². The normalized spacial score (nSPS) is 15.6. The number of hydrogen-bond acceptors (Lipinski definition) is 6. The second kappa shape index (κ2) is 8.94. The molecule has 2 aromatic carbocycles. The quantitative estimate of drug-likeness (QED) is 0.674. The van der Waals surface area contributed by atoms with Crippen molar-refractivity contribution in [3.63, 3.8) is 0 Å². The van der Waals surface area contributed by atoms with E-state index >= 15 is 0 Å². The minimum absolute atomic E-state index is 0.0111. The molecule has 1 heterocycles. The molecule has 0 bridgehead atoms. The zero-order chi connectivity index (χ0) is 22.8. The van der Waals surface area contributed by atoms with E-state index < -0.39 is 22.0 Å². The molecule has 0 aliphatic carbocycles. The fourth-order valence-electron chi connectivity index (χ4n) is 3.16. The number of carbonyl (C=O) groups is 2. The summed E-state index contributed by atoms with van der Waals surface area (Å²) in [6.07, 6.45) is -0.231. The third-order valence-corrected chi connectivity index (χ3v) is 6.84. The number of anilines is 2. The maximum Gasteiger partial charge on any atom is 0.265 e. The van der Waals surface area contributed by atoms with Crippen LogP contribution in [0.5, 0.6) is 11.5 Å². The first kappa shape index (κ1) is 22.6. The van der Waals surface area contributed by atoms with Gasteiger partial charge in [0.2, 0.25) is 15.9 Å². The molecule has 2 aromatic rings. The monoisotopic (exact) mass is 447 g/mol. The maximum atomic E-state index is 13.1. The molecule has 9 nitrogen and oxygen atoms in total. The van der Waals surface area contributed by atoms with Gasteiger partial charge in [-0.1, -0.05) is 6.92 Å². The van der Waals surface area contributed by atoms with Crippen LogP contribution in [0.4, 0.5) is 11.4 Å². The highest BCUT2D eigenvalue weighted by atomic mass is 32.2. The molecule has 0 unspecified atom stereocenters. The number of nitrogens with one attached hydrogen (secondary N) is 2. The van der Waals surface area contributed by atoms with Gasteiger partial charge < -0.3 is 20.1 Å². The van der Waals surface area contributed by atoms with Gasteiger partial charge in [-0.3, -0.25) is 9.59 Å². The Labute approximate surface area is 181 Å². The predicted octanol–water partition coefficient (Wildman–Crippen LogP) is 2.37. The molecule has 0 saturated heterocycles. The molecular weight excluding hydrogens is 422 g/mol. The van der Waals surface area contributed by atoms with Crippen molar-refractivity contribution in [2.45, 2.75) is 31.3 Å². The Balaban J connectivity index is 1.77. The molecule has 0 aromatic heterocycles. The highest BCUT2D eigenvalue weighted by molar-refractivity contribution is 7.89. The van der Waals surface area contributed by atoms with Crippen LogP contribution in [0.3, 0.4) is 0 Å². The van der Waals surface area contributed by atoms with Gasteiger partial charge in [0.05, 0.1) is 24.2 Å². The van der Waals surface area contributed by atoms with Crippen LogP contribution in [0, 0.1) is 6.92 Å². The van der Waals surface area contributed by atoms with Gasteiger partial charge in [0, 0.05) is 18.8 Å². The van der Waals surface area contributed by atoms with E-state index in [-0.39, 0.29) is 23.1 Å². The van der Waals surface area contributed by atoms with Crippen molar-refractivity contribution in [3.05, 3.63) is 42.0 Å². The lowest BCUT2D eigenvalue weighted by Gasteiger charge is -2.27. The predicted molar refractivity (Wildman–Crippen MR) is 116 cm³/mol. The van der Waals surface area contributed by atoms with E-state index in [0.29, 0.717) is 29.1 Å². The lowest BCUT2D eigenvalue weighted by molar-refractivity contribution is -0.123. The number of likely N-dealkylation sites (N-methyl/N-ethyl adjacent to an activating group) is 1. The third kappa shape index (κ3) is 4.80. The summed E-state index contributed by atoms with van der Waals surface area (Å²) in [7, 11) is -1.11. The first-order valence-electron chi connectivity index (χ1n) is 9.68. The number of sulfonamides is 1. The third-order valence-electron chi connectivity index (χ3n) is 4.90. The van der Waals surface area contributed by atoms with Gasteiger partial charge in [-0.2, -0.15) is 4.31 Å². The zero-order valence-corrected chi connectivity index (χ0v) is 18.6. The molecule has 31 heavy (non-hydrogen) atoms. The Morgan fingerprint density at radius 2 is 1.94 bits per heavy atom. The topological polar surface area (TPSA) is 114 Å². The molecule has 1 aliphatic rings. The highest BCUT2D eigenvalue weighted by Crippen LogP contribution is 2.35. The van der Waals surface area contributed by atoms with Gasteiger partial charge in [0.15, 0.2) is 6.10 Å². The summed E-state index contributed by atoms with van der Waals surface area (Å²) in [5.74, 6) is 0.176. The van der Waals surface area contributed by atoms with Crippen LogP contribution >= 0.6 is 0 Å². The van der Waals surface area contributed by atoms with E-state index in [9.17, 15) is 18.0 Å². The van der Waals surface area contributed by atoms with E-state index in [1.807, 2.05) is 0 Å². The van der Waals surface area contributed by atoms with Gasteiger partial charge >= 0.3 is 0 Å². The molecule has 0 fully saturated rings. The number of nitrogens with zero attached hydrogens (tertiary/aromatic N) is 1. The number of carbonyl (C=O) groups excluding carboxylic acids is 2. The molecular formula is C21H25N3O6S. The van der Waals surface area contributed by atoms with Gasteiger partial charge in [-0.15, -0.1) is 0 Å². The maximum absolute atomic E-state index is 13.1.